The zero-order valence-corrected chi connectivity index (χ0v) is 40.0. The number of rotatable bonds is 47. The molecule has 0 atom stereocenters. The Labute approximate surface area is 372 Å². The lowest BCUT2D eigenvalue weighted by Gasteiger charge is -2.18. The molecule has 350 valence electrons. The highest BCUT2D eigenvalue weighted by molar-refractivity contribution is 5.71. The minimum absolute atomic E-state index is 0.0782. The molecule has 0 N–H and O–H groups in total. The smallest absolute Gasteiger partial charge is 0.306 e. The summed E-state index contributed by atoms with van der Waals surface area (Å²) in [4.78, 5) is 37.9. The average Bonchev–Trinajstić information content (AvgIpc) is 3.24. The molecular weight excluding hydrogens is 745 g/mol. The lowest BCUT2D eigenvalue weighted by Crippen LogP contribution is -2.30. The second-order valence-electron chi connectivity index (χ2n) is 17.4. The maximum atomic E-state index is 12.8. The summed E-state index contributed by atoms with van der Waals surface area (Å²) in [7, 11) is 0. The molecule has 0 aromatic carbocycles. The van der Waals surface area contributed by atoms with Gasteiger partial charge in [0.2, 0.25) is 0 Å². The minimum Gasteiger partial charge on any atom is -0.462 e. The Morgan fingerprint density at radius 2 is 0.550 bits per heavy atom. The molecule has 0 aliphatic carbocycles. The van der Waals surface area contributed by atoms with Crippen molar-refractivity contribution in [2.45, 2.75) is 277 Å². The van der Waals surface area contributed by atoms with Gasteiger partial charge in [-0.15, -0.1) is 0 Å². The first-order valence-corrected chi connectivity index (χ1v) is 26.0. The predicted octanol–water partition coefficient (Wildman–Crippen LogP) is 16.9. The van der Waals surface area contributed by atoms with Gasteiger partial charge in [-0.3, -0.25) is 14.4 Å². The van der Waals surface area contributed by atoms with E-state index in [0.717, 1.165) is 77.0 Å². The zero-order chi connectivity index (χ0) is 43.7. The van der Waals surface area contributed by atoms with Gasteiger partial charge in [0.15, 0.2) is 6.10 Å². The fourth-order valence-electron chi connectivity index (χ4n) is 7.37. The van der Waals surface area contributed by atoms with Gasteiger partial charge in [0.25, 0.3) is 0 Å². The average molecular weight is 843 g/mol. The van der Waals surface area contributed by atoms with E-state index in [4.69, 9.17) is 14.2 Å². The predicted molar refractivity (Wildman–Crippen MR) is 256 cm³/mol. The SMILES string of the molecule is CCCCCC/C=C/CCCCCCCCC(=O)OCC(COC(=O)CCCCCCCC/C=C/CCCCCC)OC(=O)CCCCCCCC/C=C/CCCCCC. The van der Waals surface area contributed by atoms with Crippen molar-refractivity contribution >= 4 is 17.9 Å². The van der Waals surface area contributed by atoms with E-state index in [9.17, 15) is 14.4 Å². The molecule has 6 nitrogen and oxygen atoms in total. The van der Waals surface area contributed by atoms with Crippen LogP contribution in [0, 0.1) is 0 Å². The van der Waals surface area contributed by atoms with Crippen molar-refractivity contribution in [3.8, 4) is 0 Å². The number of carbonyl (C=O) groups is 3. The summed E-state index contributed by atoms with van der Waals surface area (Å²) in [6.07, 6.45) is 56.9. The standard InChI is InChI=1S/C54H98O6/c1-4-7-10-13-16-19-22-25-28-31-34-37-40-43-46-52(55)58-49-51(60-54(57)48-45-42-39-36-33-30-27-24-21-18-15-12-9-6-3)50-59-53(56)47-44-41-38-35-32-29-26-23-20-17-14-11-8-5-2/h19-24,51H,4-18,25-50H2,1-3H3/b22-19+,23-20+,24-21+. The van der Waals surface area contributed by atoms with Gasteiger partial charge < -0.3 is 14.2 Å². The molecule has 0 unspecified atom stereocenters. The maximum absolute atomic E-state index is 12.8. The molecule has 6 heteroatoms. The van der Waals surface area contributed by atoms with E-state index in [1.807, 2.05) is 0 Å². The number of ether oxygens (including phenoxy) is 3. The highest BCUT2D eigenvalue weighted by Gasteiger charge is 2.19. The Hall–Kier alpha value is -2.37. The van der Waals surface area contributed by atoms with E-state index in [2.05, 4.69) is 57.2 Å². The van der Waals surface area contributed by atoms with E-state index < -0.39 is 6.10 Å². The molecule has 0 aliphatic heterocycles. The second kappa shape index (κ2) is 49.3. The molecule has 60 heavy (non-hydrogen) atoms. The molecule has 0 amide bonds. The van der Waals surface area contributed by atoms with Crippen molar-refractivity contribution in [2.24, 2.45) is 0 Å². The van der Waals surface area contributed by atoms with Crippen LogP contribution in [0.2, 0.25) is 0 Å². The molecule has 0 saturated heterocycles. The van der Waals surface area contributed by atoms with Gasteiger partial charge in [0.05, 0.1) is 0 Å². The van der Waals surface area contributed by atoms with E-state index in [0.29, 0.717) is 19.3 Å². The van der Waals surface area contributed by atoms with Crippen LogP contribution in [0.15, 0.2) is 36.5 Å². The Kier molecular flexibility index (Phi) is 47.3. The molecular formula is C54H98O6. The molecule has 0 heterocycles. The number of hydrogen-bond donors (Lipinski definition) is 0. The van der Waals surface area contributed by atoms with Crippen molar-refractivity contribution in [1.29, 1.82) is 0 Å². The molecule has 0 aliphatic rings. The highest BCUT2D eigenvalue weighted by Crippen LogP contribution is 2.14. The number of allylic oxidation sites excluding steroid dienone is 6. The largest absolute Gasteiger partial charge is 0.462 e. The molecule has 0 saturated carbocycles. The van der Waals surface area contributed by atoms with Crippen LogP contribution in [0.5, 0.6) is 0 Å². The Morgan fingerprint density at radius 3 is 0.833 bits per heavy atom. The minimum atomic E-state index is -0.777. The molecule has 0 aromatic heterocycles. The monoisotopic (exact) mass is 843 g/mol. The second-order valence-corrected chi connectivity index (χ2v) is 17.4. The van der Waals surface area contributed by atoms with Crippen molar-refractivity contribution in [3.05, 3.63) is 36.5 Å². The van der Waals surface area contributed by atoms with Crippen LogP contribution in [0.25, 0.3) is 0 Å². The molecule has 0 spiro atoms. The van der Waals surface area contributed by atoms with E-state index in [-0.39, 0.29) is 31.1 Å². The first-order chi connectivity index (χ1) is 29.5. The first kappa shape index (κ1) is 57.6. The maximum Gasteiger partial charge on any atom is 0.306 e. The molecule has 0 bridgehead atoms. The summed E-state index contributed by atoms with van der Waals surface area (Å²) in [5, 5.41) is 0. The van der Waals surface area contributed by atoms with Crippen LogP contribution >= 0.6 is 0 Å². The van der Waals surface area contributed by atoms with Gasteiger partial charge in [-0.25, -0.2) is 0 Å². The molecule has 0 fully saturated rings. The third kappa shape index (κ3) is 46.7. The van der Waals surface area contributed by atoms with Gasteiger partial charge >= 0.3 is 17.9 Å². The van der Waals surface area contributed by atoms with Gasteiger partial charge in [0.1, 0.15) is 13.2 Å². The van der Waals surface area contributed by atoms with Gasteiger partial charge in [0, 0.05) is 19.3 Å². The Bertz CT molecular complexity index is 962. The van der Waals surface area contributed by atoms with Crippen LogP contribution in [0.4, 0.5) is 0 Å². The van der Waals surface area contributed by atoms with Crippen LogP contribution in [0.1, 0.15) is 271 Å². The van der Waals surface area contributed by atoms with Crippen molar-refractivity contribution in [1.82, 2.24) is 0 Å². The topological polar surface area (TPSA) is 78.9 Å². The van der Waals surface area contributed by atoms with Crippen LogP contribution in [0.3, 0.4) is 0 Å². The number of unbranched alkanes of at least 4 members (excludes halogenated alkanes) is 30. The summed E-state index contributed by atoms with van der Waals surface area (Å²) in [6, 6.07) is 0. The molecule has 0 rings (SSSR count). The summed E-state index contributed by atoms with van der Waals surface area (Å²) >= 11 is 0. The van der Waals surface area contributed by atoms with Gasteiger partial charge in [-0.05, 0) is 96.3 Å². The fraction of sp³-hybridized carbons (Fsp3) is 0.833. The van der Waals surface area contributed by atoms with Crippen LogP contribution in [-0.4, -0.2) is 37.2 Å². The van der Waals surface area contributed by atoms with Crippen molar-refractivity contribution in [3.63, 3.8) is 0 Å². The highest BCUT2D eigenvalue weighted by atomic mass is 16.6. The Balaban J connectivity index is 4.39. The first-order valence-electron chi connectivity index (χ1n) is 26.0. The summed E-state index contributed by atoms with van der Waals surface area (Å²) < 4.78 is 16.8. The van der Waals surface area contributed by atoms with Crippen LogP contribution < -0.4 is 0 Å². The lowest BCUT2D eigenvalue weighted by atomic mass is 10.1. The molecule has 0 radical (unpaired) electrons. The number of hydrogen-bond acceptors (Lipinski definition) is 6. The van der Waals surface area contributed by atoms with E-state index in [1.165, 1.54) is 154 Å². The normalized spacial score (nSPS) is 11.8. The number of esters is 3. The third-order valence-electron chi connectivity index (χ3n) is 11.3. The third-order valence-corrected chi connectivity index (χ3v) is 11.3. The fourth-order valence-corrected chi connectivity index (χ4v) is 7.37. The molecule has 0 aromatic rings. The lowest BCUT2D eigenvalue weighted by molar-refractivity contribution is -0.167. The summed E-state index contributed by atoms with van der Waals surface area (Å²) in [5.74, 6) is -0.888. The van der Waals surface area contributed by atoms with Crippen molar-refractivity contribution in [2.75, 3.05) is 13.2 Å². The van der Waals surface area contributed by atoms with Crippen molar-refractivity contribution < 1.29 is 28.6 Å². The Morgan fingerprint density at radius 1 is 0.317 bits per heavy atom. The van der Waals surface area contributed by atoms with Gasteiger partial charge in [-0.2, -0.15) is 0 Å². The summed E-state index contributed by atoms with van der Waals surface area (Å²) in [6.45, 7) is 6.60. The zero-order valence-electron chi connectivity index (χ0n) is 40.0. The van der Waals surface area contributed by atoms with Gasteiger partial charge in [-0.1, -0.05) is 192 Å². The number of carbonyl (C=O) groups excluding carboxylic acids is 3. The van der Waals surface area contributed by atoms with Crippen LogP contribution in [-0.2, 0) is 28.6 Å². The van der Waals surface area contributed by atoms with E-state index in [1.54, 1.807) is 0 Å². The summed E-state index contributed by atoms with van der Waals surface area (Å²) in [5.41, 5.74) is 0. The van der Waals surface area contributed by atoms with E-state index >= 15 is 0 Å². The quantitative estimate of drug-likeness (QED) is 0.0263.